The Balaban J connectivity index is 2.70. The van der Waals surface area contributed by atoms with Gasteiger partial charge < -0.3 is 5.11 Å². The average Bonchev–Trinajstić information content (AvgIpc) is 2.34. The Hall–Kier alpha value is -1.29. The maximum Gasteiger partial charge on any atom is 0.328 e. The van der Waals surface area contributed by atoms with Crippen molar-refractivity contribution in [3.63, 3.8) is 0 Å². The molecule has 2 nitrogen and oxygen atoms in total. The minimum Gasteiger partial charge on any atom is -0.478 e. The van der Waals surface area contributed by atoms with E-state index in [-0.39, 0.29) is 5.82 Å². The third kappa shape index (κ3) is 4.92. The molecule has 0 radical (unpaired) electrons. The number of hydrogen-bond acceptors (Lipinski definition) is 2. The van der Waals surface area contributed by atoms with Crippen molar-refractivity contribution in [2.24, 2.45) is 0 Å². The molecule has 0 heterocycles. The second kappa shape index (κ2) is 7.21. The van der Waals surface area contributed by atoms with Crippen LogP contribution in [0.4, 0.5) is 4.39 Å². The fourth-order valence-corrected chi connectivity index (χ4v) is 2.24. The van der Waals surface area contributed by atoms with Crippen molar-refractivity contribution in [1.82, 2.24) is 0 Å². The van der Waals surface area contributed by atoms with Gasteiger partial charge in [-0.15, -0.1) is 0 Å². The fraction of sp³-hybridized carbons (Fsp3) is 0.357. The van der Waals surface area contributed by atoms with Gasteiger partial charge in [0.15, 0.2) is 0 Å². The number of halogens is 1. The van der Waals surface area contributed by atoms with Gasteiger partial charge in [0.1, 0.15) is 5.82 Å². The van der Waals surface area contributed by atoms with E-state index in [4.69, 9.17) is 5.11 Å². The Morgan fingerprint density at radius 3 is 2.83 bits per heavy atom. The molecule has 0 fully saturated rings. The normalized spacial score (nSPS) is 12.8. The molecule has 0 bridgehead atoms. The predicted octanol–water partition coefficient (Wildman–Crippen LogP) is 3.96. The molecule has 0 saturated carbocycles. The number of aliphatic carboxylic acids is 1. The number of carboxylic acids is 1. The van der Waals surface area contributed by atoms with E-state index in [9.17, 15) is 9.18 Å². The first-order chi connectivity index (χ1) is 8.52. The number of carboxylic acid groups (broad SMARTS) is 1. The number of thioether (sulfide) groups is 1. The van der Waals surface area contributed by atoms with Crippen molar-refractivity contribution in [2.75, 3.05) is 0 Å². The zero-order valence-electron chi connectivity index (χ0n) is 10.5. The summed E-state index contributed by atoms with van der Waals surface area (Å²) in [6, 6.07) is 4.81. The number of hydrogen-bond donors (Lipinski definition) is 1. The summed E-state index contributed by atoms with van der Waals surface area (Å²) in [5.41, 5.74) is 1.22. The fourth-order valence-electron chi connectivity index (χ4n) is 1.30. The Morgan fingerprint density at radius 2 is 2.28 bits per heavy atom. The number of carbonyl (C=O) groups is 1. The van der Waals surface area contributed by atoms with E-state index in [1.165, 1.54) is 12.1 Å². The van der Waals surface area contributed by atoms with Crippen molar-refractivity contribution in [2.45, 2.75) is 31.3 Å². The molecule has 18 heavy (non-hydrogen) atoms. The maximum absolute atomic E-state index is 13.7. The molecule has 1 unspecified atom stereocenters. The first-order valence-corrected chi connectivity index (χ1v) is 6.88. The van der Waals surface area contributed by atoms with E-state index in [1.54, 1.807) is 23.9 Å². The van der Waals surface area contributed by atoms with E-state index >= 15 is 0 Å². The molecule has 1 N–H and O–H groups in total. The lowest BCUT2D eigenvalue weighted by Crippen LogP contribution is -1.96. The van der Waals surface area contributed by atoms with Crippen molar-refractivity contribution in [3.05, 3.63) is 41.2 Å². The van der Waals surface area contributed by atoms with E-state index in [1.807, 2.05) is 0 Å². The SMILES string of the molecule is CCC(C)SCc1ccc(C=CC(=O)O)cc1F. The number of rotatable bonds is 6. The third-order valence-corrected chi connectivity index (χ3v) is 3.97. The van der Waals surface area contributed by atoms with Gasteiger partial charge in [-0.25, -0.2) is 9.18 Å². The van der Waals surface area contributed by atoms with Crippen molar-refractivity contribution < 1.29 is 14.3 Å². The van der Waals surface area contributed by atoms with Crippen LogP contribution in [-0.2, 0) is 10.5 Å². The first kappa shape index (κ1) is 14.8. The summed E-state index contributed by atoms with van der Waals surface area (Å²) in [4.78, 5) is 10.4. The molecule has 0 aliphatic rings. The van der Waals surface area contributed by atoms with Gasteiger partial charge >= 0.3 is 5.97 Å². The summed E-state index contributed by atoms with van der Waals surface area (Å²) in [5.74, 6) is -0.672. The van der Waals surface area contributed by atoms with Crippen molar-refractivity contribution >= 4 is 23.8 Å². The Kier molecular flexibility index (Phi) is 5.92. The zero-order valence-corrected chi connectivity index (χ0v) is 11.3. The van der Waals surface area contributed by atoms with E-state index < -0.39 is 5.97 Å². The highest BCUT2D eigenvalue weighted by Gasteiger charge is 2.05. The minimum absolute atomic E-state index is 0.279. The molecule has 1 aromatic rings. The Morgan fingerprint density at radius 1 is 1.56 bits per heavy atom. The smallest absolute Gasteiger partial charge is 0.328 e. The highest BCUT2D eigenvalue weighted by molar-refractivity contribution is 7.99. The van der Waals surface area contributed by atoms with Crippen LogP contribution in [0.15, 0.2) is 24.3 Å². The molecule has 0 aromatic heterocycles. The minimum atomic E-state index is -1.04. The van der Waals surface area contributed by atoms with E-state index in [2.05, 4.69) is 13.8 Å². The van der Waals surface area contributed by atoms with Gasteiger partial charge in [0.25, 0.3) is 0 Å². The lowest BCUT2D eigenvalue weighted by Gasteiger charge is -2.09. The zero-order chi connectivity index (χ0) is 13.5. The monoisotopic (exact) mass is 268 g/mol. The molecule has 4 heteroatoms. The molecule has 0 aliphatic heterocycles. The topological polar surface area (TPSA) is 37.3 Å². The van der Waals surface area contributed by atoms with Crippen LogP contribution in [0, 0.1) is 5.82 Å². The third-order valence-electron chi connectivity index (χ3n) is 2.59. The van der Waals surface area contributed by atoms with Gasteiger partial charge in [0.05, 0.1) is 0 Å². The molecule has 0 aliphatic carbocycles. The molecule has 0 amide bonds. The second-order valence-electron chi connectivity index (χ2n) is 4.05. The van der Waals surface area contributed by atoms with Crippen LogP contribution in [0.1, 0.15) is 31.4 Å². The summed E-state index contributed by atoms with van der Waals surface area (Å²) in [7, 11) is 0. The molecule has 0 saturated heterocycles. The van der Waals surface area contributed by atoms with Crippen LogP contribution in [0.5, 0.6) is 0 Å². The Bertz CT molecular complexity index is 443. The maximum atomic E-state index is 13.7. The highest BCUT2D eigenvalue weighted by Crippen LogP contribution is 2.22. The lowest BCUT2D eigenvalue weighted by atomic mass is 10.1. The largest absolute Gasteiger partial charge is 0.478 e. The van der Waals surface area contributed by atoms with Gasteiger partial charge in [0, 0.05) is 17.1 Å². The number of benzene rings is 1. The molecule has 1 aromatic carbocycles. The quantitative estimate of drug-likeness (QED) is 0.794. The summed E-state index contributed by atoms with van der Waals surface area (Å²) >= 11 is 1.72. The standard InChI is InChI=1S/C14H17FO2S/c1-3-10(2)18-9-12-6-4-11(8-13(12)15)5-7-14(16)17/h4-8,10H,3,9H2,1-2H3,(H,16,17). The van der Waals surface area contributed by atoms with Crippen molar-refractivity contribution in [3.8, 4) is 0 Å². The summed E-state index contributed by atoms with van der Waals surface area (Å²) in [6.45, 7) is 4.22. The van der Waals surface area contributed by atoms with Crippen LogP contribution < -0.4 is 0 Å². The van der Waals surface area contributed by atoms with Gasteiger partial charge in [-0.1, -0.05) is 26.0 Å². The van der Waals surface area contributed by atoms with Crippen LogP contribution in [0.3, 0.4) is 0 Å². The van der Waals surface area contributed by atoms with Gasteiger partial charge in [-0.05, 0) is 29.7 Å². The van der Waals surface area contributed by atoms with Gasteiger partial charge in [-0.2, -0.15) is 11.8 Å². The van der Waals surface area contributed by atoms with E-state index in [0.29, 0.717) is 22.1 Å². The van der Waals surface area contributed by atoms with Crippen LogP contribution in [-0.4, -0.2) is 16.3 Å². The molecule has 1 atom stereocenters. The lowest BCUT2D eigenvalue weighted by molar-refractivity contribution is -0.131. The summed E-state index contributed by atoms with van der Waals surface area (Å²) < 4.78 is 13.7. The molecular weight excluding hydrogens is 251 g/mol. The molecule has 98 valence electrons. The van der Waals surface area contributed by atoms with Crippen LogP contribution in [0.2, 0.25) is 0 Å². The average molecular weight is 268 g/mol. The molecule has 0 spiro atoms. The van der Waals surface area contributed by atoms with Crippen LogP contribution >= 0.6 is 11.8 Å². The van der Waals surface area contributed by atoms with Crippen LogP contribution in [0.25, 0.3) is 6.08 Å². The van der Waals surface area contributed by atoms with Gasteiger partial charge in [0.2, 0.25) is 0 Å². The predicted molar refractivity (Wildman–Crippen MR) is 74.1 cm³/mol. The summed E-state index contributed by atoms with van der Waals surface area (Å²) in [6.07, 6.45) is 3.45. The first-order valence-electron chi connectivity index (χ1n) is 5.84. The van der Waals surface area contributed by atoms with Crippen molar-refractivity contribution in [1.29, 1.82) is 0 Å². The van der Waals surface area contributed by atoms with Gasteiger partial charge in [-0.3, -0.25) is 0 Å². The highest BCUT2D eigenvalue weighted by atomic mass is 32.2. The Labute approximate surface area is 111 Å². The summed E-state index contributed by atoms with van der Waals surface area (Å²) in [5, 5.41) is 9.00. The van der Waals surface area contributed by atoms with E-state index in [0.717, 1.165) is 12.5 Å². The molecular formula is C14H17FO2S. The second-order valence-corrected chi connectivity index (χ2v) is 5.48. The molecule has 1 rings (SSSR count).